The van der Waals surface area contributed by atoms with E-state index in [0.717, 1.165) is 23.4 Å². The summed E-state index contributed by atoms with van der Waals surface area (Å²) in [7, 11) is 1.61. The number of ether oxygens (including phenoxy) is 1. The Labute approximate surface area is 147 Å². The van der Waals surface area contributed by atoms with Crippen LogP contribution in [0.15, 0.2) is 48.5 Å². The highest BCUT2D eigenvalue weighted by atomic mass is 16.5. The summed E-state index contributed by atoms with van der Waals surface area (Å²) in [5, 5.41) is 0. The predicted octanol–water partition coefficient (Wildman–Crippen LogP) is 3.23. The maximum absolute atomic E-state index is 13.2. The number of rotatable bonds is 5. The zero-order valence-electron chi connectivity index (χ0n) is 14.6. The van der Waals surface area contributed by atoms with E-state index in [1.807, 2.05) is 55.5 Å². The molecule has 2 aromatic rings. The Hall–Kier alpha value is -2.82. The minimum Gasteiger partial charge on any atom is -0.497 e. The van der Waals surface area contributed by atoms with Gasteiger partial charge in [-0.1, -0.05) is 18.2 Å². The Bertz CT molecular complexity index is 771. The number of amides is 2. The lowest BCUT2D eigenvalue weighted by atomic mass is 10.1. The van der Waals surface area contributed by atoms with Gasteiger partial charge in [0, 0.05) is 24.2 Å². The standard InChI is InChI=1S/C20H22N2O3/c1-15-6-3-4-7-18(15)20(24)22(14-21-13-5-8-19(21)23)16-9-11-17(25-2)12-10-16/h3-4,6-7,9-12H,5,8,13-14H2,1-2H3. The Morgan fingerprint density at radius 3 is 2.48 bits per heavy atom. The van der Waals surface area contributed by atoms with Crippen LogP contribution in [0, 0.1) is 6.92 Å². The van der Waals surface area contributed by atoms with Crippen LogP contribution in [0.1, 0.15) is 28.8 Å². The second-order valence-corrected chi connectivity index (χ2v) is 6.15. The van der Waals surface area contributed by atoms with Gasteiger partial charge in [-0.3, -0.25) is 14.5 Å². The van der Waals surface area contributed by atoms with E-state index in [1.54, 1.807) is 16.9 Å². The lowest BCUT2D eigenvalue weighted by Gasteiger charge is -2.28. The highest BCUT2D eigenvalue weighted by molar-refractivity contribution is 6.07. The van der Waals surface area contributed by atoms with Crippen LogP contribution in [0.5, 0.6) is 5.75 Å². The molecule has 130 valence electrons. The normalized spacial score (nSPS) is 13.8. The van der Waals surface area contributed by atoms with Gasteiger partial charge in [-0.2, -0.15) is 0 Å². The quantitative estimate of drug-likeness (QED) is 0.841. The summed E-state index contributed by atoms with van der Waals surface area (Å²) < 4.78 is 5.20. The Morgan fingerprint density at radius 2 is 1.88 bits per heavy atom. The molecule has 1 fully saturated rings. The first kappa shape index (κ1) is 17.0. The molecule has 0 bridgehead atoms. The summed E-state index contributed by atoms with van der Waals surface area (Å²) in [4.78, 5) is 28.6. The van der Waals surface area contributed by atoms with Gasteiger partial charge in [-0.05, 0) is 49.2 Å². The average Bonchev–Trinajstić information content (AvgIpc) is 3.04. The fourth-order valence-electron chi connectivity index (χ4n) is 3.01. The molecule has 5 heteroatoms. The predicted molar refractivity (Wildman–Crippen MR) is 96.8 cm³/mol. The Balaban J connectivity index is 1.94. The molecule has 2 aromatic carbocycles. The van der Waals surface area contributed by atoms with Gasteiger partial charge in [0.15, 0.2) is 0 Å². The van der Waals surface area contributed by atoms with Gasteiger partial charge < -0.3 is 9.64 Å². The largest absolute Gasteiger partial charge is 0.497 e. The number of anilines is 1. The lowest BCUT2D eigenvalue weighted by molar-refractivity contribution is -0.127. The monoisotopic (exact) mass is 338 g/mol. The smallest absolute Gasteiger partial charge is 0.260 e. The molecule has 0 aliphatic carbocycles. The van der Waals surface area contributed by atoms with E-state index in [9.17, 15) is 9.59 Å². The van der Waals surface area contributed by atoms with Gasteiger partial charge in [0.05, 0.1) is 7.11 Å². The molecular formula is C20H22N2O3. The number of aryl methyl sites for hydroxylation is 1. The molecule has 25 heavy (non-hydrogen) atoms. The van der Waals surface area contributed by atoms with Gasteiger partial charge >= 0.3 is 0 Å². The number of nitrogens with zero attached hydrogens (tertiary/aromatic N) is 2. The second-order valence-electron chi connectivity index (χ2n) is 6.15. The fourth-order valence-corrected chi connectivity index (χ4v) is 3.01. The maximum Gasteiger partial charge on any atom is 0.260 e. The van der Waals surface area contributed by atoms with E-state index in [2.05, 4.69) is 0 Å². The second kappa shape index (κ2) is 7.38. The maximum atomic E-state index is 13.2. The van der Waals surface area contributed by atoms with Crippen molar-refractivity contribution in [1.82, 2.24) is 4.90 Å². The third kappa shape index (κ3) is 3.65. The summed E-state index contributed by atoms with van der Waals surface area (Å²) in [6, 6.07) is 14.8. The van der Waals surface area contributed by atoms with Gasteiger partial charge in [0.25, 0.3) is 5.91 Å². The van der Waals surface area contributed by atoms with Crippen molar-refractivity contribution < 1.29 is 14.3 Å². The molecule has 1 aliphatic heterocycles. The first-order valence-electron chi connectivity index (χ1n) is 8.39. The minimum absolute atomic E-state index is 0.0936. The van der Waals surface area contributed by atoms with Crippen LogP contribution in [0.2, 0.25) is 0 Å². The molecule has 0 aromatic heterocycles. The van der Waals surface area contributed by atoms with E-state index in [4.69, 9.17) is 4.74 Å². The Morgan fingerprint density at radius 1 is 1.16 bits per heavy atom. The van der Waals surface area contributed by atoms with Gasteiger partial charge in [-0.25, -0.2) is 0 Å². The highest BCUT2D eigenvalue weighted by Crippen LogP contribution is 2.24. The third-order valence-corrected chi connectivity index (χ3v) is 4.49. The molecule has 3 rings (SSSR count). The molecule has 0 unspecified atom stereocenters. The van der Waals surface area contributed by atoms with Crippen LogP contribution in [0.4, 0.5) is 5.69 Å². The zero-order valence-corrected chi connectivity index (χ0v) is 14.6. The number of carbonyl (C=O) groups excluding carboxylic acids is 2. The fraction of sp³-hybridized carbons (Fsp3) is 0.300. The number of hydrogen-bond donors (Lipinski definition) is 0. The van der Waals surface area contributed by atoms with Crippen molar-refractivity contribution >= 4 is 17.5 Å². The first-order valence-corrected chi connectivity index (χ1v) is 8.39. The summed E-state index contributed by atoms with van der Waals surface area (Å²) in [6.45, 7) is 2.87. The first-order chi connectivity index (χ1) is 12.1. The summed E-state index contributed by atoms with van der Waals surface area (Å²) in [6.07, 6.45) is 1.39. The highest BCUT2D eigenvalue weighted by Gasteiger charge is 2.26. The third-order valence-electron chi connectivity index (χ3n) is 4.49. The van der Waals surface area contributed by atoms with Crippen LogP contribution in [-0.4, -0.2) is 37.0 Å². The van der Waals surface area contributed by atoms with Crippen molar-refractivity contribution in [2.75, 3.05) is 25.2 Å². The molecule has 0 spiro atoms. The average molecular weight is 338 g/mol. The number of benzene rings is 2. The van der Waals surface area contributed by atoms with Gasteiger partial charge in [0.2, 0.25) is 5.91 Å². The van der Waals surface area contributed by atoms with Crippen LogP contribution < -0.4 is 9.64 Å². The van der Waals surface area contributed by atoms with Gasteiger partial charge in [-0.15, -0.1) is 0 Å². The SMILES string of the molecule is COc1ccc(N(CN2CCCC2=O)C(=O)c2ccccc2C)cc1. The van der Waals surface area contributed by atoms with Crippen molar-refractivity contribution in [3.8, 4) is 5.75 Å². The number of methoxy groups -OCH3 is 1. The number of likely N-dealkylation sites (tertiary alicyclic amines) is 1. The molecule has 1 heterocycles. The van der Waals surface area contributed by atoms with E-state index in [-0.39, 0.29) is 18.5 Å². The molecule has 2 amide bonds. The van der Waals surface area contributed by atoms with Crippen molar-refractivity contribution in [2.24, 2.45) is 0 Å². The van der Waals surface area contributed by atoms with Crippen molar-refractivity contribution in [1.29, 1.82) is 0 Å². The van der Waals surface area contributed by atoms with Crippen molar-refractivity contribution in [3.05, 3.63) is 59.7 Å². The molecular weight excluding hydrogens is 316 g/mol. The van der Waals surface area contributed by atoms with Crippen LogP contribution >= 0.6 is 0 Å². The Kier molecular flexibility index (Phi) is 5.03. The van der Waals surface area contributed by atoms with E-state index < -0.39 is 0 Å². The minimum atomic E-state index is -0.108. The molecule has 1 aliphatic rings. The summed E-state index contributed by atoms with van der Waals surface area (Å²) >= 11 is 0. The van der Waals surface area contributed by atoms with Crippen molar-refractivity contribution in [3.63, 3.8) is 0 Å². The van der Waals surface area contributed by atoms with Crippen LogP contribution in [0.3, 0.4) is 0 Å². The number of carbonyl (C=O) groups is 2. The summed E-state index contributed by atoms with van der Waals surface area (Å²) in [5.41, 5.74) is 2.30. The molecule has 0 N–H and O–H groups in total. The molecule has 0 saturated carbocycles. The topological polar surface area (TPSA) is 49.9 Å². The van der Waals surface area contributed by atoms with Crippen molar-refractivity contribution in [2.45, 2.75) is 19.8 Å². The van der Waals surface area contributed by atoms with E-state index in [1.165, 1.54) is 0 Å². The molecule has 5 nitrogen and oxygen atoms in total. The van der Waals surface area contributed by atoms with E-state index in [0.29, 0.717) is 18.5 Å². The molecule has 0 radical (unpaired) electrons. The number of hydrogen-bond acceptors (Lipinski definition) is 3. The molecule has 1 saturated heterocycles. The van der Waals surface area contributed by atoms with Crippen LogP contribution in [-0.2, 0) is 4.79 Å². The van der Waals surface area contributed by atoms with Crippen LogP contribution in [0.25, 0.3) is 0 Å². The van der Waals surface area contributed by atoms with E-state index >= 15 is 0 Å². The van der Waals surface area contributed by atoms with Gasteiger partial charge in [0.1, 0.15) is 12.4 Å². The summed E-state index contributed by atoms with van der Waals surface area (Å²) in [5.74, 6) is 0.711. The lowest BCUT2D eigenvalue weighted by Crippen LogP contribution is -2.42. The zero-order chi connectivity index (χ0) is 17.8. The molecule has 0 atom stereocenters.